The van der Waals surface area contributed by atoms with Gasteiger partial charge in [-0.25, -0.2) is 9.78 Å². The molecule has 0 aliphatic carbocycles. The average molecular weight is 408 g/mol. The summed E-state index contributed by atoms with van der Waals surface area (Å²) in [6, 6.07) is 12.5. The highest BCUT2D eigenvalue weighted by atomic mass is 79.9. The summed E-state index contributed by atoms with van der Waals surface area (Å²) in [6.45, 7) is 2.68. The fourth-order valence-corrected chi connectivity index (χ4v) is 2.43. The third-order valence-corrected chi connectivity index (χ3v) is 4.13. The molecule has 25 heavy (non-hydrogen) atoms. The molecule has 0 aliphatic heterocycles. The molecule has 0 saturated carbocycles. The number of halogens is 1. The Morgan fingerprint density at radius 3 is 2.68 bits per heavy atom. The summed E-state index contributed by atoms with van der Waals surface area (Å²) in [6.07, 6.45) is 1.60. The molecule has 3 N–H and O–H groups in total. The summed E-state index contributed by atoms with van der Waals surface area (Å²) in [5.74, 6) is 0.391. The lowest BCUT2D eigenvalue weighted by molar-refractivity contribution is 0.0697. The van der Waals surface area contributed by atoms with E-state index in [1.807, 2.05) is 37.3 Å². The van der Waals surface area contributed by atoms with Gasteiger partial charge in [0.05, 0.1) is 25.9 Å². The van der Waals surface area contributed by atoms with Gasteiger partial charge in [-0.1, -0.05) is 37.3 Å². The van der Waals surface area contributed by atoms with Crippen LogP contribution in [0, 0.1) is 5.92 Å². The van der Waals surface area contributed by atoms with Crippen LogP contribution in [0.25, 0.3) is 0 Å². The minimum Gasteiger partial charge on any atom is -0.394 e. The number of aliphatic hydroxyl groups is 1. The second kappa shape index (κ2) is 10.1. The first kappa shape index (κ1) is 19.4. The molecule has 7 heteroatoms. The highest BCUT2D eigenvalue weighted by molar-refractivity contribution is 9.10. The Morgan fingerprint density at radius 1 is 1.28 bits per heavy atom. The molecule has 1 aromatic heterocycles. The maximum atomic E-state index is 12.0. The van der Waals surface area contributed by atoms with Crippen LogP contribution in [0.3, 0.4) is 0 Å². The van der Waals surface area contributed by atoms with E-state index in [-0.39, 0.29) is 12.5 Å². The van der Waals surface area contributed by atoms with Crippen molar-refractivity contribution in [2.45, 2.75) is 19.6 Å². The Balaban J connectivity index is 1.77. The molecule has 0 bridgehead atoms. The molecule has 0 spiro atoms. The number of pyridine rings is 1. The predicted octanol–water partition coefficient (Wildman–Crippen LogP) is 3.18. The summed E-state index contributed by atoms with van der Waals surface area (Å²) < 4.78 is 6.51. The van der Waals surface area contributed by atoms with E-state index in [2.05, 4.69) is 31.5 Å². The van der Waals surface area contributed by atoms with Crippen molar-refractivity contribution in [1.29, 1.82) is 0 Å². The third-order valence-electron chi connectivity index (χ3n) is 3.66. The van der Waals surface area contributed by atoms with Crippen LogP contribution in [-0.4, -0.2) is 35.4 Å². The molecular weight excluding hydrogens is 386 g/mol. The first-order valence-corrected chi connectivity index (χ1v) is 8.79. The zero-order valence-corrected chi connectivity index (χ0v) is 15.6. The van der Waals surface area contributed by atoms with Crippen molar-refractivity contribution >= 4 is 27.8 Å². The molecule has 1 unspecified atom stereocenters. The van der Waals surface area contributed by atoms with Gasteiger partial charge in [0.2, 0.25) is 0 Å². The number of carbonyl (C=O) groups excluding carboxylic acids is 1. The van der Waals surface area contributed by atoms with Gasteiger partial charge >= 0.3 is 6.03 Å². The monoisotopic (exact) mass is 407 g/mol. The van der Waals surface area contributed by atoms with Gasteiger partial charge in [0.15, 0.2) is 0 Å². The summed E-state index contributed by atoms with van der Waals surface area (Å²) in [5, 5.41) is 14.9. The van der Waals surface area contributed by atoms with E-state index < -0.39 is 12.1 Å². The number of anilines is 1. The lowest BCUT2D eigenvalue weighted by Crippen LogP contribution is -2.45. The Hall–Kier alpha value is -1.96. The Kier molecular flexibility index (Phi) is 7.84. The summed E-state index contributed by atoms with van der Waals surface area (Å²) in [5.41, 5.74) is 1.09. The van der Waals surface area contributed by atoms with Gasteiger partial charge in [-0.2, -0.15) is 0 Å². The smallest absolute Gasteiger partial charge is 0.320 e. The van der Waals surface area contributed by atoms with Gasteiger partial charge in [0.1, 0.15) is 5.82 Å². The topological polar surface area (TPSA) is 83.5 Å². The SMILES string of the molecule is CC(COCc1ccccc1)[C@H](CO)NC(=O)Nc1ccc(Br)cn1. The van der Waals surface area contributed by atoms with E-state index in [0.717, 1.165) is 10.0 Å². The number of aromatic nitrogens is 1. The first-order valence-electron chi connectivity index (χ1n) is 8.00. The summed E-state index contributed by atoms with van der Waals surface area (Å²) in [4.78, 5) is 16.1. The number of urea groups is 1. The van der Waals surface area contributed by atoms with E-state index in [0.29, 0.717) is 19.0 Å². The largest absolute Gasteiger partial charge is 0.394 e. The number of carbonyl (C=O) groups is 1. The Morgan fingerprint density at radius 2 is 2.04 bits per heavy atom. The highest BCUT2D eigenvalue weighted by Gasteiger charge is 2.19. The van der Waals surface area contributed by atoms with Gasteiger partial charge in [0, 0.05) is 16.6 Å². The van der Waals surface area contributed by atoms with Crippen LogP contribution in [0.5, 0.6) is 0 Å². The number of nitrogens with one attached hydrogen (secondary N) is 2. The molecule has 6 nitrogen and oxygen atoms in total. The number of hydrogen-bond donors (Lipinski definition) is 3. The molecule has 1 aromatic carbocycles. The van der Waals surface area contributed by atoms with Crippen molar-refractivity contribution in [3.05, 3.63) is 58.7 Å². The van der Waals surface area contributed by atoms with Crippen molar-refractivity contribution in [2.24, 2.45) is 5.92 Å². The van der Waals surface area contributed by atoms with Crippen molar-refractivity contribution in [3.8, 4) is 0 Å². The van der Waals surface area contributed by atoms with Gasteiger partial charge in [-0.05, 0) is 33.6 Å². The molecule has 2 aromatic rings. The number of benzene rings is 1. The zero-order chi connectivity index (χ0) is 18.1. The second-order valence-corrected chi connectivity index (χ2v) is 6.64. The summed E-state index contributed by atoms with van der Waals surface area (Å²) in [7, 11) is 0. The quantitative estimate of drug-likeness (QED) is 0.627. The molecule has 2 amide bonds. The Labute approximate surface area is 155 Å². The predicted molar refractivity (Wildman–Crippen MR) is 100 cm³/mol. The van der Waals surface area contributed by atoms with Crippen molar-refractivity contribution in [2.75, 3.05) is 18.5 Å². The highest BCUT2D eigenvalue weighted by Crippen LogP contribution is 2.11. The lowest BCUT2D eigenvalue weighted by Gasteiger charge is -2.23. The number of nitrogens with zero attached hydrogens (tertiary/aromatic N) is 1. The Bertz CT molecular complexity index is 652. The molecule has 0 aliphatic rings. The van der Waals surface area contributed by atoms with Crippen LogP contribution in [0.4, 0.5) is 10.6 Å². The van der Waals surface area contributed by atoms with Crippen LogP contribution in [0.15, 0.2) is 53.1 Å². The standard InChI is InChI=1S/C18H22BrN3O3/c1-13(11-25-12-14-5-3-2-4-6-14)16(10-23)21-18(24)22-17-8-7-15(19)9-20-17/h2-9,13,16,23H,10-12H2,1H3,(H2,20,21,22,24)/t13?,16-/m0/s1. The van der Waals surface area contributed by atoms with Crippen molar-refractivity contribution < 1.29 is 14.6 Å². The van der Waals surface area contributed by atoms with Gasteiger partial charge in [0.25, 0.3) is 0 Å². The molecule has 0 fully saturated rings. The van der Waals surface area contributed by atoms with E-state index in [9.17, 15) is 9.90 Å². The zero-order valence-electron chi connectivity index (χ0n) is 14.0. The molecule has 1 heterocycles. The molecule has 0 saturated heterocycles. The fourth-order valence-electron chi connectivity index (χ4n) is 2.19. The van der Waals surface area contributed by atoms with Gasteiger partial charge in [-0.15, -0.1) is 0 Å². The van der Waals surface area contributed by atoms with Crippen LogP contribution < -0.4 is 10.6 Å². The molecular formula is C18H22BrN3O3. The normalized spacial score (nSPS) is 13.1. The molecule has 2 rings (SSSR count). The number of ether oxygens (including phenoxy) is 1. The van der Waals surface area contributed by atoms with Crippen LogP contribution in [-0.2, 0) is 11.3 Å². The number of aliphatic hydroxyl groups excluding tert-OH is 1. The van der Waals surface area contributed by atoms with Gasteiger partial charge < -0.3 is 15.2 Å². The van der Waals surface area contributed by atoms with Crippen LogP contribution >= 0.6 is 15.9 Å². The third kappa shape index (κ3) is 6.81. The number of hydrogen-bond acceptors (Lipinski definition) is 4. The number of rotatable bonds is 8. The van der Waals surface area contributed by atoms with E-state index in [1.54, 1.807) is 18.3 Å². The minimum atomic E-state index is -0.413. The van der Waals surface area contributed by atoms with E-state index in [1.165, 1.54) is 0 Å². The second-order valence-electron chi connectivity index (χ2n) is 5.73. The average Bonchev–Trinajstić information content (AvgIpc) is 2.62. The van der Waals surface area contributed by atoms with E-state index in [4.69, 9.17) is 4.74 Å². The van der Waals surface area contributed by atoms with Crippen molar-refractivity contribution in [1.82, 2.24) is 10.3 Å². The molecule has 134 valence electrons. The molecule has 0 radical (unpaired) electrons. The number of amides is 2. The maximum Gasteiger partial charge on any atom is 0.320 e. The van der Waals surface area contributed by atoms with Crippen LogP contribution in [0.2, 0.25) is 0 Å². The minimum absolute atomic E-state index is 0.0441. The molecule has 2 atom stereocenters. The summed E-state index contributed by atoms with van der Waals surface area (Å²) >= 11 is 3.29. The first-order chi connectivity index (χ1) is 12.1. The van der Waals surface area contributed by atoms with Crippen molar-refractivity contribution in [3.63, 3.8) is 0 Å². The fraction of sp³-hybridized carbons (Fsp3) is 0.333. The van der Waals surface area contributed by atoms with Gasteiger partial charge in [-0.3, -0.25) is 5.32 Å². The van der Waals surface area contributed by atoms with E-state index >= 15 is 0 Å². The van der Waals surface area contributed by atoms with Crippen LogP contribution in [0.1, 0.15) is 12.5 Å². The lowest BCUT2D eigenvalue weighted by atomic mass is 10.0. The maximum absolute atomic E-state index is 12.0.